The highest BCUT2D eigenvalue weighted by atomic mass is 14.2. The molecule has 0 atom stereocenters. The first-order valence-electron chi connectivity index (χ1n) is 5.06. The Hall–Kier alpha value is -2.33. The molecule has 0 fully saturated rings. The molecule has 0 aliphatic heterocycles. The molecule has 0 radical (unpaired) electrons. The zero-order valence-corrected chi connectivity index (χ0v) is 8.85. The predicted octanol–water partition coefficient (Wildman–Crippen LogP) is 3.87. The van der Waals surface area contributed by atoms with Crippen molar-refractivity contribution in [3.8, 4) is 17.2 Å². The van der Waals surface area contributed by atoms with Gasteiger partial charge in [-0.3, -0.25) is 0 Å². The molecule has 0 unspecified atom stereocenters. The van der Waals surface area contributed by atoms with Gasteiger partial charge in [0.1, 0.15) is 0 Å². The second-order valence-corrected chi connectivity index (χ2v) is 3.52. The molecular formula is C15H11N. The van der Waals surface area contributed by atoms with Crippen molar-refractivity contribution in [2.75, 3.05) is 0 Å². The molecule has 2 aromatic carbocycles. The van der Waals surface area contributed by atoms with Gasteiger partial charge >= 0.3 is 0 Å². The molecule has 0 heterocycles. The first-order chi connectivity index (χ1) is 7.83. The highest BCUT2D eigenvalue weighted by Crippen LogP contribution is 2.21. The highest BCUT2D eigenvalue weighted by molar-refractivity contribution is 5.67. The van der Waals surface area contributed by atoms with Gasteiger partial charge in [0.2, 0.25) is 0 Å². The van der Waals surface area contributed by atoms with E-state index in [0.29, 0.717) is 5.56 Å². The van der Waals surface area contributed by atoms with Gasteiger partial charge in [-0.05, 0) is 34.9 Å². The Kier molecular flexibility index (Phi) is 2.84. The van der Waals surface area contributed by atoms with Gasteiger partial charge in [0.25, 0.3) is 0 Å². The molecular weight excluding hydrogens is 194 g/mol. The van der Waals surface area contributed by atoms with E-state index in [1.165, 1.54) is 0 Å². The summed E-state index contributed by atoms with van der Waals surface area (Å²) in [5, 5.41) is 8.72. The molecule has 0 N–H and O–H groups in total. The van der Waals surface area contributed by atoms with E-state index in [2.05, 4.69) is 18.7 Å². The topological polar surface area (TPSA) is 23.8 Å². The number of nitriles is 1. The van der Waals surface area contributed by atoms with Crippen molar-refractivity contribution in [3.63, 3.8) is 0 Å². The third kappa shape index (κ3) is 2.02. The van der Waals surface area contributed by atoms with Crippen LogP contribution in [0.2, 0.25) is 0 Å². The van der Waals surface area contributed by atoms with Crippen LogP contribution in [0.1, 0.15) is 11.1 Å². The van der Waals surface area contributed by atoms with Crippen LogP contribution in [-0.4, -0.2) is 0 Å². The molecule has 2 rings (SSSR count). The summed E-state index contributed by atoms with van der Waals surface area (Å²) in [5.74, 6) is 0. The fraction of sp³-hybridized carbons (Fsp3) is 0. The van der Waals surface area contributed by atoms with Crippen LogP contribution in [0.25, 0.3) is 17.2 Å². The number of benzene rings is 2. The van der Waals surface area contributed by atoms with Crippen molar-refractivity contribution in [2.24, 2.45) is 0 Å². The van der Waals surface area contributed by atoms with Crippen LogP contribution in [-0.2, 0) is 0 Å². The molecule has 1 heteroatoms. The second-order valence-electron chi connectivity index (χ2n) is 3.52. The quantitative estimate of drug-likeness (QED) is 0.730. The lowest BCUT2D eigenvalue weighted by molar-refractivity contribution is 1.48. The minimum Gasteiger partial charge on any atom is -0.192 e. The van der Waals surface area contributed by atoms with Crippen LogP contribution in [0.5, 0.6) is 0 Å². The van der Waals surface area contributed by atoms with E-state index in [0.717, 1.165) is 16.7 Å². The van der Waals surface area contributed by atoms with E-state index in [-0.39, 0.29) is 0 Å². The van der Waals surface area contributed by atoms with E-state index in [9.17, 15) is 0 Å². The lowest BCUT2D eigenvalue weighted by Crippen LogP contribution is -1.80. The molecule has 0 spiro atoms. The normalized spacial score (nSPS) is 9.44. The molecule has 0 bridgehead atoms. The maximum atomic E-state index is 8.72. The molecule has 2 aromatic rings. The lowest BCUT2D eigenvalue weighted by atomic mass is 10.0. The molecule has 76 valence electrons. The Morgan fingerprint density at radius 1 is 1.00 bits per heavy atom. The molecule has 0 aromatic heterocycles. The summed E-state index contributed by atoms with van der Waals surface area (Å²) in [6.45, 7) is 3.75. The lowest BCUT2D eigenvalue weighted by Gasteiger charge is -2.02. The van der Waals surface area contributed by atoms with Crippen molar-refractivity contribution in [3.05, 3.63) is 66.2 Å². The van der Waals surface area contributed by atoms with Gasteiger partial charge in [-0.1, -0.05) is 43.0 Å². The van der Waals surface area contributed by atoms with Gasteiger partial charge in [-0.2, -0.15) is 5.26 Å². The number of nitrogens with zero attached hydrogens (tertiary/aromatic N) is 1. The van der Waals surface area contributed by atoms with E-state index < -0.39 is 0 Å². The van der Waals surface area contributed by atoms with E-state index in [4.69, 9.17) is 5.26 Å². The average Bonchev–Trinajstić information content (AvgIpc) is 2.39. The fourth-order valence-corrected chi connectivity index (χ4v) is 1.58. The number of rotatable bonds is 2. The first kappa shape index (κ1) is 10.2. The molecule has 0 amide bonds. The Bertz CT molecular complexity index is 544. The Morgan fingerprint density at radius 2 is 1.75 bits per heavy atom. The summed E-state index contributed by atoms with van der Waals surface area (Å²) in [6, 6.07) is 17.8. The Balaban J connectivity index is 2.42. The minimum atomic E-state index is 0.684. The predicted molar refractivity (Wildman–Crippen MR) is 66.7 cm³/mol. The smallest absolute Gasteiger partial charge is 0.0991 e. The Labute approximate surface area is 95.3 Å². The van der Waals surface area contributed by atoms with Crippen molar-refractivity contribution in [1.29, 1.82) is 5.26 Å². The first-order valence-corrected chi connectivity index (χ1v) is 5.06. The average molecular weight is 205 g/mol. The number of hydrogen-bond acceptors (Lipinski definition) is 1. The van der Waals surface area contributed by atoms with Gasteiger partial charge in [-0.25, -0.2) is 0 Å². The maximum Gasteiger partial charge on any atom is 0.0991 e. The van der Waals surface area contributed by atoms with Crippen molar-refractivity contribution in [2.45, 2.75) is 0 Å². The minimum absolute atomic E-state index is 0.684. The SMILES string of the molecule is C=Cc1cccc(-c2ccc(C#N)cc2)c1. The molecule has 0 aliphatic carbocycles. The molecule has 0 aliphatic rings. The maximum absolute atomic E-state index is 8.72. The largest absolute Gasteiger partial charge is 0.192 e. The summed E-state index contributed by atoms with van der Waals surface area (Å²) in [4.78, 5) is 0. The molecule has 0 saturated heterocycles. The third-order valence-electron chi connectivity index (χ3n) is 2.47. The summed E-state index contributed by atoms with van der Waals surface area (Å²) < 4.78 is 0. The van der Waals surface area contributed by atoms with E-state index >= 15 is 0 Å². The summed E-state index contributed by atoms with van der Waals surface area (Å²) in [5.41, 5.74) is 4.04. The Morgan fingerprint density at radius 3 is 2.38 bits per heavy atom. The van der Waals surface area contributed by atoms with Gasteiger partial charge in [0, 0.05) is 0 Å². The van der Waals surface area contributed by atoms with Gasteiger partial charge in [-0.15, -0.1) is 0 Å². The van der Waals surface area contributed by atoms with E-state index in [1.807, 2.05) is 48.5 Å². The second kappa shape index (κ2) is 4.46. The standard InChI is InChI=1S/C15H11N/c1-2-12-4-3-5-15(10-12)14-8-6-13(11-16)7-9-14/h2-10H,1H2. The van der Waals surface area contributed by atoms with Gasteiger partial charge in [0.15, 0.2) is 0 Å². The van der Waals surface area contributed by atoms with Crippen LogP contribution in [0.4, 0.5) is 0 Å². The third-order valence-corrected chi connectivity index (χ3v) is 2.47. The van der Waals surface area contributed by atoms with Crippen LogP contribution < -0.4 is 0 Å². The van der Waals surface area contributed by atoms with Crippen molar-refractivity contribution in [1.82, 2.24) is 0 Å². The van der Waals surface area contributed by atoms with Crippen LogP contribution >= 0.6 is 0 Å². The molecule has 1 nitrogen and oxygen atoms in total. The number of hydrogen-bond donors (Lipinski definition) is 0. The monoisotopic (exact) mass is 205 g/mol. The highest BCUT2D eigenvalue weighted by Gasteiger charge is 1.98. The van der Waals surface area contributed by atoms with Crippen LogP contribution in [0.3, 0.4) is 0 Å². The molecule has 0 saturated carbocycles. The van der Waals surface area contributed by atoms with Gasteiger partial charge in [0.05, 0.1) is 11.6 Å². The van der Waals surface area contributed by atoms with Crippen molar-refractivity contribution >= 4 is 6.08 Å². The fourth-order valence-electron chi connectivity index (χ4n) is 1.58. The summed E-state index contributed by atoms with van der Waals surface area (Å²) in [6.07, 6.45) is 1.83. The van der Waals surface area contributed by atoms with Crippen LogP contribution in [0, 0.1) is 11.3 Å². The van der Waals surface area contributed by atoms with Crippen LogP contribution in [0.15, 0.2) is 55.1 Å². The van der Waals surface area contributed by atoms with E-state index in [1.54, 1.807) is 0 Å². The summed E-state index contributed by atoms with van der Waals surface area (Å²) in [7, 11) is 0. The van der Waals surface area contributed by atoms with Crippen molar-refractivity contribution < 1.29 is 0 Å². The van der Waals surface area contributed by atoms with Gasteiger partial charge < -0.3 is 0 Å². The molecule has 16 heavy (non-hydrogen) atoms. The zero-order valence-electron chi connectivity index (χ0n) is 8.85. The zero-order chi connectivity index (χ0) is 11.4. The summed E-state index contributed by atoms with van der Waals surface area (Å²) >= 11 is 0.